The third-order valence-corrected chi connectivity index (χ3v) is 5.75. The van der Waals surface area contributed by atoms with Crippen molar-refractivity contribution in [1.29, 1.82) is 0 Å². The number of nitrogens with zero attached hydrogens (tertiary/aromatic N) is 4. The van der Waals surface area contributed by atoms with Crippen molar-refractivity contribution < 1.29 is 4.79 Å². The van der Waals surface area contributed by atoms with Crippen LogP contribution in [0.25, 0.3) is 0 Å². The summed E-state index contributed by atoms with van der Waals surface area (Å²) >= 11 is 1.68. The molecule has 1 amide bonds. The van der Waals surface area contributed by atoms with Crippen LogP contribution < -0.4 is 4.90 Å². The van der Waals surface area contributed by atoms with Crippen molar-refractivity contribution in [2.75, 3.05) is 31.1 Å². The molecule has 2 fully saturated rings. The van der Waals surface area contributed by atoms with Gasteiger partial charge in [0.05, 0.1) is 0 Å². The van der Waals surface area contributed by atoms with Gasteiger partial charge in [-0.1, -0.05) is 39.0 Å². The van der Waals surface area contributed by atoms with Crippen LogP contribution in [0, 0.1) is 11.8 Å². The van der Waals surface area contributed by atoms with Gasteiger partial charge in [-0.05, 0) is 12.3 Å². The largest absolute Gasteiger partial charge is 0.343 e. The molecule has 21 heavy (non-hydrogen) atoms. The second-order valence-corrected chi connectivity index (χ2v) is 8.23. The summed E-state index contributed by atoms with van der Waals surface area (Å²) in [5, 5.41) is 10.7. The second-order valence-electron chi connectivity index (χ2n) is 7.27. The van der Waals surface area contributed by atoms with Gasteiger partial charge >= 0.3 is 0 Å². The summed E-state index contributed by atoms with van der Waals surface area (Å²) in [7, 11) is 0. The SMILES string of the molecule is C[C@@H]1C[C@H]1C(=O)N1CCN(c2nnc(C(C)(C)C)s2)CC1. The minimum absolute atomic E-state index is 0.0514. The van der Waals surface area contributed by atoms with Crippen LogP contribution in [0.1, 0.15) is 39.1 Å². The molecule has 0 radical (unpaired) electrons. The lowest BCUT2D eigenvalue weighted by atomic mass is 9.98. The Bertz CT molecular complexity index is 528. The normalized spacial score (nSPS) is 26.1. The molecule has 1 aliphatic carbocycles. The topological polar surface area (TPSA) is 49.3 Å². The molecule has 1 aliphatic heterocycles. The van der Waals surface area contributed by atoms with Gasteiger partial charge in [0.15, 0.2) is 0 Å². The molecule has 1 saturated heterocycles. The van der Waals surface area contributed by atoms with Crippen molar-refractivity contribution in [2.24, 2.45) is 11.8 Å². The molecule has 1 aromatic rings. The number of anilines is 1. The lowest BCUT2D eigenvalue weighted by Gasteiger charge is -2.34. The number of hydrogen-bond acceptors (Lipinski definition) is 5. The predicted molar refractivity (Wildman–Crippen MR) is 84.7 cm³/mol. The summed E-state index contributed by atoms with van der Waals surface area (Å²) in [5.74, 6) is 1.24. The van der Waals surface area contributed by atoms with E-state index in [4.69, 9.17) is 0 Å². The van der Waals surface area contributed by atoms with Gasteiger partial charge in [-0.2, -0.15) is 0 Å². The zero-order chi connectivity index (χ0) is 15.2. The maximum absolute atomic E-state index is 12.2. The smallest absolute Gasteiger partial charge is 0.226 e. The Hall–Kier alpha value is -1.17. The van der Waals surface area contributed by atoms with E-state index in [0.717, 1.165) is 42.7 Å². The lowest BCUT2D eigenvalue weighted by Crippen LogP contribution is -2.49. The molecule has 1 aromatic heterocycles. The first-order valence-electron chi connectivity index (χ1n) is 7.74. The molecule has 116 valence electrons. The first kappa shape index (κ1) is 14.8. The second kappa shape index (κ2) is 5.23. The van der Waals surface area contributed by atoms with Crippen molar-refractivity contribution in [1.82, 2.24) is 15.1 Å². The zero-order valence-corrected chi connectivity index (χ0v) is 14.1. The van der Waals surface area contributed by atoms with Crippen LogP contribution in [0.4, 0.5) is 5.13 Å². The zero-order valence-electron chi connectivity index (χ0n) is 13.3. The third kappa shape index (κ3) is 3.05. The molecule has 2 aliphatic rings. The monoisotopic (exact) mass is 308 g/mol. The quantitative estimate of drug-likeness (QED) is 0.840. The highest BCUT2D eigenvalue weighted by Gasteiger charge is 2.42. The summed E-state index contributed by atoms with van der Waals surface area (Å²) < 4.78 is 0. The van der Waals surface area contributed by atoms with Crippen LogP contribution >= 0.6 is 11.3 Å². The van der Waals surface area contributed by atoms with Crippen LogP contribution in [0.3, 0.4) is 0 Å². The average molecular weight is 308 g/mol. The van der Waals surface area contributed by atoms with Gasteiger partial charge in [0, 0.05) is 37.5 Å². The molecule has 0 aromatic carbocycles. The minimum atomic E-state index is 0.0514. The number of amides is 1. The first-order chi connectivity index (χ1) is 9.86. The Balaban J connectivity index is 1.58. The van der Waals surface area contributed by atoms with Gasteiger partial charge in [0.2, 0.25) is 11.0 Å². The highest BCUT2D eigenvalue weighted by Crippen LogP contribution is 2.39. The van der Waals surface area contributed by atoms with Crippen molar-refractivity contribution in [3.05, 3.63) is 5.01 Å². The molecular weight excluding hydrogens is 284 g/mol. The standard InChI is InChI=1S/C15H24N4OS/c1-10-9-11(10)12(20)18-5-7-19(8-6-18)14-17-16-13(21-14)15(2,3)4/h10-11H,5-9H2,1-4H3/t10-,11-/m1/s1. The molecule has 3 rings (SSSR count). The number of piperazine rings is 1. The van der Waals surface area contributed by atoms with Crippen LogP contribution in [-0.2, 0) is 10.2 Å². The van der Waals surface area contributed by atoms with Gasteiger partial charge in [-0.25, -0.2) is 0 Å². The fourth-order valence-electron chi connectivity index (χ4n) is 2.67. The Kier molecular flexibility index (Phi) is 3.67. The molecule has 5 nitrogen and oxygen atoms in total. The van der Waals surface area contributed by atoms with Gasteiger partial charge in [0.25, 0.3) is 0 Å². The summed E-state index contributed by atoms with van der Waals surface area (Å²) in [4.78, 5) is 16.5. The molecular formula is C15H24N4OS. The summed E-state index contributed by atoms with van der Waals surface area (Å²) in [6.45, 7) is 12.0. The van der Waals surface area contributed by atoms with E-state index in [2.05, 4.69) is 42.8 Å². The number of carbonyl (C=O) groups excluding carboxylic acids is 1. The van der Waals surface area contributed by atoms with Crippen LogP contribution in [0.15, 0.2) is 0 Å². The van der Waals surface area contributed by atoms with Crippen LogP contribution in [-0.4, -0.2) is 47.2 Å². The molecule has 6 heteroatoms. The predicted octanol–water partition coefficient (Wildman–Crippen LogP) is 2.14. The molecule has 0 spiro atoms. The van der Waals surface area contributed by atoms with E-state index in [9.17, 15) is 4.79 Å². The average Bonchev–Trinajstić information content (AvgIpc) is 2.97. The third-order valence-electron chi connectivity index (χ3n) is 4.34. The molecule has 1 saturated carbocycles. The Morgan fingerprint density at radius 1 is 1.19 bits per heavy atom. The maximum atomic E-state index is 12.2. The Labute approximate surface area is 130 Å². The van der Waals surface area contributed by atoms with Gasteiger partial charge in [-0.3, -0.25) is 4.79 Å². The molecule has 0 bridgehead atoms. The first-order valence-corrected chi connectivity index (χ1v) is 8.55. The van der Waals surface area contributed by atoms with E-state index >= 15 is 0 Å². The molecule has 0 unspecified atom stereocenters. The van der Waals surface area contributed by atoms with Gasteiger partial charge in [-0.15, -0.1) is 10.2 Å². The van der Waals surface area contributed by atoms with Gasteiger partial charge in [0.1, 0.15) is 5.01 Å². The van der Waals surface area contributed by atoms with Gasteiger partial charge < -0.3 is 9.80 Å². The fourth-order valence-corrected chi connectivity index (χ4v) is 3.62. The van der Waals surface area contributed by atoms with Crippen molar-refractivity contribution in [3.8, 4) is 0 Å². The molecule has 0 N–H and O–H groups in total. The number of hydrogen-bond donors (Lipinski definition) is 0. The van der Waals surface area contributed by atoms with E-state index in [1.54, 1.807) is 11.3 Å². The summed E-state index contributed by atoms with van der Waals surface area (Å²) in [5.41, 5.74) is 0.0514. The minimum Gasteiger partial charge on any atom is -0.343 e. The van der Waals surface area contributed by atoms with E-state index in [-0.39, 0.29) is 5.41 Å². The van der Waals surface area contributed by atoms with Crippen molar-refractivity contribution in [2.45, 2.75) is 39.5 Å². The van der Waals surface area contributed by atoms with E-state index in [1.807, 2.05) is 4.90 Å². The highest BCUT2D eigenvalue weighted by molar-refractivity contribution is 7.15. The summed E-state index contributed by atoms with van der Waals surface area (Å²) in [6.07, 6.45) is 1.07. The fraction of sp³-hybridized carbons (Fsp3) is 0.800. The van der Waals surface area contributed by atoms with Crippen LogP contribution in [0.2, 0.25) is 0 Å². The summed E-state index contributed by atoms with van der Waals surface area (Å²) in [6, 6.07) is 0. The Morgan fingerprint density at radius 2 is 1.81 bits per heavy atom. The van der Waals surface area contributed by atoms with E-state index in [1.165, 1.54) is 0 Å². The Morgan fingerprint density at radius 3 is 2.29 bits per heavy atom. The van der Waals surface area contributed by atoms with Crippen molar-refractivity contribution in [3.63, 3.8) is 0 Å². The number of carbonyl (C=O) groups is 1. The van der Waals surface area contributed by atoms with E-state index < -0.39 is 0 Å². The lowest BCUT2D eigenvalue weighted by molar-refractivity contribution is -0.133. The molecule has 2 heterocycles. The van der Waals surface area contributed by atoms with Crippen molar-refractivity contribution >= 4 is 22.4 Å². The maximum Gasteiger partial charge on any atom is 0.226 e. The highest BCUT2D eigenvalue weighted by atomic mass is 32.1. The van der Waals surface area contributed by atoms with Crippen LogP contribution in [0.5, 0.6) is 0 Å². The molecule has 2 atom stereocenters. The number of aromatic nitrogens is 2. The number of rotatable bonds is 2. The van der Waals surface area contributed by atoms with E-state index in [0.29, 0.717) is 17.7 Å².